The number of hydrogen-bond donors (Lipinski definition) is 2. The van der Waals surface area contributed by atoms with Crippen molar-refractivity contribution in [2.45, 2.75) is 0 Å². The van der Waals surface area contributed by atoms with Crippen LogP contribution in [-0.4, -0.2) is 29.8 Å². The van der Waals surface area contributed by atoms with Gasteiger partial charge in [0.1, 0.15) is 5.75 Å². The third-order valence-corrected chi connectivity index (χ3v) is 2.85. The average molecular weight is 367 g/mol. The number of nitrogens with one attached hydrogen (secondary N) is 1. The number of nitrogens with zero attached hydrogens (tertiary/aromatic N) is 1. The molecule has 0 bridgehead atoms. The van der Waals surface area contributed by atoms with Gasteiger partial charge in [0.2, 0.25) is 0 Å². The van der Waals surface area contributed by atoms with E-state index in [1.807, 2.05) is 0 Å². The molecule has 1 amide bonds. The summed E-state index contributed by atoms with van der Waals surface area (Å²) in [4.78, 5) is 22.0. The molecule has 0 unspecified atom stereocenters. The van der Waals surface area contributed by atoms with Crippen molar-refractivity contribution in [2.75, 3.05) is 6.61 Å². The standard InChI is InChI=1S/C14H11BrN2O5/c15-12-6-5-11(22-12)14(20)17-16-7-9-1-3-10(4-2-9)21-8-13(18)19/h1-7H,8H2,(H,17,20)(H,18,19). The van der Waals surface area contributed by atoms with Crippen LogP contribution in [0.15, 0.2) is 50.6 Å². The van der Waals surface area contributed by atoms with Gasteiger partial charge >= 0.3 is 11.9 Å². The number of hydrogen-bond acceptors (Lipinski definition) is 5. The van der Waals surface area contributed by atoms with Crippen LogP contribution in [0.2, 0.25) is 0 Å². The van der Waals surface area contributed by atoms with Crippen molar-refractivity contribution in [1.82, 2.24) is 5.43 Å². The molecule has 1 heterocycles. The fourth-order valence-electron chi connectivity index (χ4n) is 1.45. The first-order valence-electron chi connectivity index (χ1n) is 6.08. The zero-order valence-corrected chi connectivity index (χ0v) is 12.7. The van der Waals surface area contributed by atoms with Gasteiger partial charge in [-0.25, -0.2) is 10.2 Å². The van der Waals surface area contributed by atoms with Gasteiger partial charge in [0.25, 0.3) is 0 Å². The lowest BCUT2D eigenvalue weighted by molar-refractivity contribution is -0.139. The Morgan fingerprint density at radius 2 is 2.00 bits per heavy atom. The number of carboxylic acids is 1. The van der Waals surface area contributed by atoms with E-state index < -0.39 is 18.5 Å². The molecule has 0 aliphatic carbocycles. The number of benzene rings is 1. The first kappa shape index (κ1) is 15.8. The summed E-state index contributed by atoms with van der Waals surface area (Å²) in [6.45, 7) is -0.401. The molecule has 1 aromatic heterocycles. The van der Waals surface area contributed by atoms with Crippen LogP contribution in [0.4, 0.5) is 0 Å². The van der Waals surface area contributed by atoms with Gasteiger partial charge in [-0.1, -0.05) is 0 Å². The lowest BCUT2D eigenvalue weighted by atomic mass is 10.2. The molecule has 0 aliphatic heterocycles. The van der Waals surface area contributed by atoms with E-state index in [1.165, 1.54) is 12.3 Å². The number of carbonyl (C=O) groups excluding carboxylic acids is 1. The van der Waals surface area contributed by atoms with Crippen molar-refractivity contribution in [3.8, 4) is 5.75 Å². The van der Waals surface area contributed by atoms with Crippen molar-refractivity contribution < 1.29 is 23.8 Å². The topological polar surface area (TPSA) is 101 Å². The molecule has 0 fully saturated rings. The Morgan fingerprint density at radius 1 is 1.27 bits per heavy atom. The minimum Gasteiger partial charge on any atom is -0.482 e. The zero-order chi connectivity index (χ0) is 15.9. The predicted molar refractivity (Wildman–Crippen MR) is 81.0 cm³/mol. The van der Waals surface area contributed by atoms with Gasteiger partial charge in [0.05, 0.1) is 6.21 Å². The fourth-order valence-corrected chi connectivity index (χ4v) is 1.76. The number of amides is 1. The second-order valence-electron chi connectivity index (χ2n) is 4.05. The van der Waals surface area contributed by atoms with Crippen molar-refractivity contribution >= 4 is 34.0 Å². The van der Waals surface area contributed by atoms with Crippen molar-refractivity contribution in [3.63, 3.8) is 0 Å². The summed E-state index contributed by atoms with van der Waals surface area (Å²) in [6.07, 6.45) is 1.44. The minimum absolute atomic E-state index is 0.140. The highest BCUT2D eigenvalue weighted by Gasteiger charge is 2.08. The third kappa shape index (κ3) is 4.74. The van der Waals surface area contributed by atoms with Gasteiger partial charge < -0.3 is 14.3 Å². The maximum absolute atomic E-state index is 11.6. The van der Waals surface area contributed by atoms with Crippen LogP contribution < -0.4 is 10.2 Å². The number of aliphatic carboxylic acids is 1. The molecule has 0 saturated carbocycles. The largest absolute Gasteiger partial charge is 0.482 e. The van der Waals surface area contributed by atoms with Crippen molar-refractivity contribution in [1.29, 1.82) is 0 Å². The smallest absolute Gasteiger partial charge is 0.341 e. The highest BCUT2D eigenvalue weighted by atomic mass is 79.9. The monoisotopic (exact) mass is 366 g/mol. The van der Waals surface area contributed by atoms with Crippen molar-refractivity contribution in [2.24, 2.45) is 5.10 Å². The summed E-state index contributed by atoms with van der Waals surface area (Å²) in [5, 5.41) is 12.3. The summed E-state index contributed by atoms with van der Waals surface area (Å²) in [7, 11) is 0. The maximum atomic E-state index is 11.6. The first-order chi connectivity index (χ1) is 10.5. The lowest BCUT2D eigenvalue weighted by Crippen LogP contribution is -2.16. The summed E-state index contributed by atoms with van der Waals surface area (Å²) < 4.78 is 10.5. The van der Waals surface area contributed by atoms with E-state index in [0.717, 1.165) is 0 Å². The highest BCUT2D eigenvalue weighted by molar-refractivity contribution is 9.10. The Balaban J connectivity index is 1.87. The van der Waals surface area contributed by atoms with E-state index in [4.69, 9.17) is 14.3 Å². The summed E-state index contributed by atoms with van der Waals surface area (Å²) in [6, 6.07) is 9.69. The molecule has 0 atom stereocenters. The molecule has 22 heavy (non-hydrogen) atoms. The van der Waals surface area contributed by atoms with Crippen LogP contribution >= 0.6 is 15.9 Å². The lowest BCUT2D eigenvalue weighted by Gasteiger charge is -2.02. The molecule has 2 rings (SSSR count). The van der Waals surface area contributed by atoms with E-state index in [9.17, 15) is 9.59 Å². The van der Waals surface area contributed by atoms with Crippen LogP contribution in [-0.2, 0) is 4.79 Å². The molecular weight excluding hydrogens is 356 g/mol. The Morgan fingerprint density at radius 3 is 2.59 bits per heavy atom. The van der Waals surface area contributed by atoms with E-state index in [1.54, 1.807) is 30.3 Å². The van der Waals surface area contributed by atoms with Gasteiger partial charge in [-0.15, -0.1) is 0 Å². The SMILES string of the molecule is O=C(O)COc1ccc(C=NNC(=O)c2ccc(Br)o2)cc1. The van der Waals surface area contributed by atoms with Gasteiger partial charge in [0.15, 0.2) is 17.0 Å². The van der Waals surface area contributed by atoms with Crippen LogP contribution in [0, 0.1) is 0 Å². The quantitative estimate of drug-likeness (QED) is 0.603. The van der Waals surface area contributed by atoms with Crippen LogP contribution in [0.5, 0.6) is 5.75 Å². The number of carboxylic acid groups (broad SMARTS) is 1. The normalized spacial score (nSPS) is 10.6. The number of rotatable bonds is 6. The predicted octanol–water partition coefficient (Wildman–Crippen LogP) is 2.27. The van der Waals surface area contributed by atoms with Gasteiger partial charge in [-0.3, -0.25) is 4.79 Å². The van der Waals surface area contributed by atoms with Crippen LogP contribution in [0.1, 0.15) is 16.1 Å². The second-order valence-corrected chi connectivity index (χ2v) is 4.84. The molecule has 1 aromatic carbocycles. The van der Waals surface area contributed by atoms with Gasteiger partial charge in [-0.05, 0) is 57.9 Å². The van der Waals surface area contributed by atoms with Crippen LogP contribution in [0.3, 0.4) is 0 Å². The molecule has 114 valence electrons. The molecule has 0 aliphatic rings. The van der Waals surface area contributed by atoms with E-state index in [2.05, 4.69) is 26.5 Å². The number of hydrazone groups is 1. The molecule has 7 nitrogen and oxygen atoms in total. The number of halogens is 1. The highest BCUT2D eigenvalue weighted by Crippen LogP contribution is 2.14. The summed E-state index contributed by atoms with van der Waals surface area (Å²) in [5.74, 6) is -0.938. The number of carbonyl (C=O) groups is 2. The average Bonchev–Trinajstić information content (AvgIpc) is 2.93. The Hall–Kier alpha value is -2.61. The van der Waals surface area contributed by atoms with Gasteiger partial charge in [0, 0.05) is 0 Å². The first-order valence-corrected chi connectivity index (χ1v) is 6.87. The molecule has 8 heteroatoms. The number of furan rings is 1. The second kappa shape index (κ2) is 7.41. The zero-order valence-electron chi connectivity index (χ0n) is 11.2. The Labute approximate surface area is 133 Å². The molecule has 0 saturated heterocycles. The van der Waals surface area contributed by atoms with E-state index >= 15 is 0 Å². The maximum Gasteiger partial charge on any atom is 0.341 e. The molecule has 0 radical (unpaired) electrons. The Bertz CT molecular complexity index is 694. The molecular formula is C14H11BrN2O5. The fraction of sp³-hybridized carbons (Fsp3) is 0.0714. The third-order valence-electron chi connectivity index (χ3n) is 2.42. The van der Waals surface area contributed by atoms with Gasteiger partial charge in [-0.2, -0.15) is 5.10 Å². The Kier molecular flexibility index (Phi) is 5.31. The minimum atomic E-state index is -1.04. The summed E-state index contributed by atoms with van der Waals surface area (Å²) >= 11 is 3.10. The van der Waals surface area contributed by atoms with Crippen LogP contribution in [0.25, 0.3) is 0 Å². The molecule has 0 spiro atoms. The number of ether oxygens (including phenoxy) is 1. The summed E-state index contributed by atoms with van der Waals surface area (Å²) in [5.41, 5.74) is 3.03. The molecule has 2 N–H and O–H groups in total. The van der Waals surface area contributed by atoms with E-state index in [-0.39, 0.29) is 5.76 Å². The van der Waals surface area contributed by atoms with E-state index in [0.29, 0.717) is 16.0 Å². The van der Waals surface area contributed by atoms with Crippen molar-refractivity contribution in [3.05, 3.63) is 52.4 Å². The molecule has 2 aromatic rings.